The maximum atomic E-state index is 12.9. The van der Waals surface area contributed by atoms with Crippen LogP contribution in [-0.2, 0) is 11.2 Å². The van der Waals surface area contributed by atoms with Gasteiger partial charge in [0, 0.05) is 0 Å². The van der Waals surface area contributed by atoms with E-state index in [-0.39, 0.29) is 18.4 Å². The van der Waals surface area contributed by atoms with Crippen molar-refractivity contribution in [1.29, 1.82) is 0 Å². The van der Waals surface area contributed by atoms with Crippen LogP contribution in [0, 0.1) is 5.92 Å². The molecule has 1 unspecified atom stereocenters. The van der Waals surface area contributed by atoms with Crippen molar-refractivity contribution in [1.82, 2.24) is 14.8 Å². The first-order valence-electron chi connectivity index (χ1n) is 8.82. The second kappa shape index (κ2) is 7.59. The third-order valence-corrected chi connectivity index (χ3v) is 4.70. The van der Waals surface area contributed by atoms with E-state index in [0.29, 0.717) is 29.4 Å². The standard InChI is InChI=1S/C20H20N4O4/c1-26-17-7-6-15(24-11-21-22-12-24)9-16(17)23-20(25)14-8-13-4-3-5-18(27-2)19(13)28-10-14/h3-7,9,11-12,14H,8,10H2,1-2H3,(H,23,25). The number of fused-ring (bicyclic) bond motifs is 1. The van der Waals surface area contributed by atoms with Gasteiger partial charge in [-0.2, -0.15) is 0 Å². The summed E-state index contributed by atoms with van der Waals surface area (Å²) in [5, 5.41) is 10.6. The fraction of sp³-hybridized carbons (Fsp3) is 0.250. The number of aromatic nitrogens is 3. The van der Waals surface area contributed by atoms with Gasteiger partial charge in [0.25, 0.3) is 0 Å². The van der Waals surface area contributed by atoms with Crippen LogP contribution in [0.3, 0.4) is 0 Å². The number of carbonyl (C=O) groups excluding carboxylic acids is 1. The summed E-state index contributed by atoms with van der Waals surface area (Å²) in [6.45, 7) is 0.284. The van der Waals surface area contributed by atoms with Gasteiger partial charge in [-0.15, -0.1) is 10.2 Å². The summed E-state index contributed by atoms with van der Waals surface area (Å²) in [7, 11) is 3.17. The third-order valence-electron chi connectivity index (χ3n) is 4.70. The number of ether oxygens (including phenoxy) is 3. The molecule has 28 heavy (non-hydrogen) atoms. The monoisotopic (exact) mass is 380 g/mol. The minimum Gasteiger partial charge on any atom is -0.495 e. The number of para-hydroxylation sites is 1. The van der Waals surface area contributed by atoms with Crippen molar-refractivity contribution in [3.63, 3.8) is 0 Å². The Morgan fingerprint density at radius 2 is 1.93 bits per heavy atom. The van der Waals surface area contributed by atoms with Crippen LogP contribution in [0.5, 0.6) is 17.2 Å². The van der Waals surface area contributed by atoms with Crippen LogP contribution in [-0.4, -0.2) is 41.5 Å². The van der Waals surface area contributed by atoms with Gasteiger partial charge in [0.2, 0.25) is 5.91 Å². The summed E-state index contributed by atoms with van der Waals surface area (Å²) in [6.07, 6.45) is 3.76. The number of hydrogen-bond donors (Lipinski definition) is 1. The van der Waals surface area contributed by atoms with E-state index in [1.54, 1.807) is 37.5 Å². The van der Waals surface area contributed by atoms with Crippen molar-refractivity contribution in [3.05, 3.63) is 54.6 Å². The molecule has 0 fully saturated rings. The van der Waals surface area contributed by atoms with Crippen molar-refractivity contribution < 1.29 is 19.0 Å². The fourth-order valence-electron chi connectivity index (χ4n) is 3.25. The van der Waals surface area contributed by atoms with Gasteiger partial charge in [0.05, 0.1) is 31.5 Å². The Bertz CT molecular complexity index is 988. The predicted molar refractivity (Wildman–Crippen MR) is 102 cm³/mol. The summed E-state index contributed by atoms with van der Waals surface area (Å²) in [4.78, 5) is 12.9. The highest BCUT2D eigenvalue weighted by Gasteiger charge is 2.28. The summed E-state index contributed by atoms with van der Waals surface area (Å²) in [5.74, 6) is 1.51. The third kappa shape index (κ3) is 3.36. The van der Waals surface area contributed by atoms with E-state index in [2.05, 4.69) is 15.5 Å². The molecule has 144 valence electrons. The van der Waals surface area contributed by atoms with Crippen molar-refractivity contribution in [2.75, 3.05) is 26.1 Å². The highest BCUT2D eigenvalue weighted by Crippen LogP contribution is 2.36. The number of hydrogen-bond acceptors (Lipinski definition) is 6. The molecule has 1 N–H and O–H groups in total. The lowest BCUT2D eigenvalue weighted by molar-refractivity contribution is -0.121. The van der Waals surface area contributed by atoms with Crippen molar-refractivity contribution in [3.8, 4) is 22.9 Å². The maximum Gasteiger partial charge on any atom is 0.231 e. The van der Waals surface area contributed by atoms with Crippen LogP contribution < -0.4 is 19.5 Å². The van der Waals surface area contributed by atoms with Crippen molar-refractivity contribution >= 4 is 11.6 Å². The molecule has 4 rings (SSSR count). The van der Waals surface area contributed by atoms with Gasteiger partial charge in [0.15, 0.2) is 11.5 Å². The minimum absolute atomic E-state index is 0.132. The van der Waals surface area contributed by atoms with E-state index in [0.717, 1.165) is 11.3 Å². The first kappa shape index (κ1) is 17.8. The van der Waals surface area contributed by atoms with E-state index in [1.807, 2.05) is 30.3 Å². The van der Waals surface area contributed by atoms with E-state index >= 15 is 0 Å². The second-order valence-corrected chi connectivity index (χ2v) is 6.40. The van der Waals surface area contributed by atoms with Crippen LogP contribution in [0.2, 0.25) is 0 Å². The number of methoxy groups -OCH3 is 2. The lowest BCUT2D eigenvalue weighted by Gasteiger charge is -2.26. The molecule has 2 heterocycles. The predicted octanol–water partition coefficient (Wildman–Crippen LogP) is 2.47. The Hall–Kier alpha value is -3.55. The average molecular weight is 380 g/mol. The van der Waals surface area contributed by atoms with Crippen LogP contribution in [0.4, 0.5) is 5.69 Å². The topological polar surface area (TPSA) is 87.5 Å². The second-order valence-electron chi connectivity index (χ2n) is 6.40. The first-order valence-corrected chi connectivity index (χ1v) is 8.82. The number of nitrogens with one attached hydrogen (secondary N) is 1. The Morgan fingerprint density at radius 1 is 1.14 bits per heavy atom. The number of nitrogens with zero attached hydrogens (tertiary/aromatic N) is 3. The molecule has 1 amide bonds. The Labute approximate surface area is 162 Å². The number of amides is 1. The number of carbonyl (C=O) groups is 1. The minimum atomic E-state index is -0.317. The summed E-state index contributed by atoms with van der Waals surface area (Å²) in [6, 6.07) is 11.2. The number of anilines is 1. The molecule has 2 aromatic carbocycles. The molecular weight excluding hydrogens is 360 g/mol. The zero-order valence-corrected chi connectivity index (χ0v) is 15.6. The SMILES string of the molecule is COc1ccc(-n2cnnc2)cc1NC(=O)C1COc2c(cccc2OC)C1. The summed E-state index contributed by atoms with van der Waals surface area (Å²) >= 11 is 0. The molecule has 1 aromatic heterocycles. The molecule has 3 aromatic rings. The van der Waals surface area contributed by atoms with Crippen LogP contribution in [0.15, 0.2) is 49.1 Å². The van der Waals surface area contributed by atoms with Gasteiger partial charge in [-0.05, 0) is 36.2 Å². The van der Waals surface area contributed by atoms with Gasteiger partial charge in [-0.1, -0.05) is 12.1 Å². The van der Waals surface area contributed by atoms with Gasteiger partial charge in [-0.25, -0.2) is 0 Å². The van der Waals surface area contributed by atoms with Gasteiger partial charge >= 0.3 is 0 Å². The molecular formula is C20H20N4O4. The average Bonchev–Trinajstić information content (AvgIpc) is 3.27. The molecule has 1 aliphatic rings. The van der Waals surface area contributed by atoms with Gasteiger partial charge < -0.3 is 19.5 Å². The highest BCUT2D eigenvalue weighted by atomic mass is 16.5. The first-order chi connectivity index (χ1) is 13.7. The Kier molecular flexibility index (Phi) is 4.84. The molecule has 0 saturated heterocycles. The Balaban J connectivity index is 1.54. The van der Waals surface area contributed by atoms with Gasteiger partial charge in [-0.3, -0.25) is 9.36 Å². The Morgan fingerprint density at radius 3 is 2.68 bits per heavy atom. The number of benzene rings is 2. The largest absolute Gasteiger partial charge is 0.495 e. The van der Waals surface area contributed by atoms with E-state index in [1.165, 1.54) is 0 Å². The van der Waals surface area contributed by atoms with Crippen LogP contribution >= 0.6 is 0 Å². The molecule has 1 atom stereocenters. The lowest BCUT2D eigenvalue weighted by atomic mass is 9.95. The molecule has 8 heteroatoms. The zero-order chi connectivity index (χ0) is 19.5. The van der Waals surface area contributed by atoms with Crippen LogP contribution in [0.25, 0.3) is 5.69 Å². The molecule has 1 aliphatic heterocycles. The zero-order valence-electron chi connectivity index (χ0n) is 15.6. The van der Waals surface area contributed by atoms with E-state index in [4.69, 9.17) is 14.2 Å². The fourth-order valence-corrected chi connectivity index (χ4v) is 3.25. The molecule has 0 saturated carbocycles. The smallest absolute Gasteiger partial charge is 0.231 e. The van der Waals surface area contributed by atoms with Crippen LogP contribution in [0.1, 0.15) is 5.56 Å². The molecule has 0 bridgehead atoms. The summed E-state index contributed by atoms with van der Waals surface area (Å²) in [5.41, 5.74) is 2.35. The van der Waals surface area contributed by atoms with Gasteiger partial charge in [0.1, 0.15) is 25.0 Å². The molecule has 8 nitrogen and oxygen atoms in total. The highest BCUT2D eigenvalue weighted by molar-refractivity contribution is 5.94. The number of rotatable bonds is 5. The van der Waals surface area contributed by atoms with Crippen molar-refractivity contribution in [2.24, 2.45) is 5.92 Å². The van der Waals surface area contributed by atoms with E-state index in [9.17, 15) is 4.79 Å². The quantitative estimate of drug-likeness (QED) is 0.732. The molecule has 0 spiro atoms. The molecule has 0 aliphatic carbocycles. The van der Waals surface area contributed by atoms with E-state index < -0.39 is 0 Å². The lowest BCUT2D eigenvalue weighted by Crippen LogP contribution is -2.32. The normalized spacial score (nSPS) is 15.3. The van der Waals surface area contributed by atoms with Crippen molar-refractivity contribution in [2.45, 2.75) is 6.42 Å². The molecule has 0 radical (unpaired) electrons. The summed E-state index contributed by atoms with van der Waals surface area (Å²) < 4.78 is 18.3. The maximum absolute atomic E-state index is 12.9.